The van der Waals surface area contributed by atoms with Gasteiger partial charge in [0.15, 0.2) is 0 Å². The molecule has 5 nitrogen and oxygen atoms in total. The first-order valence-electron chi connectivity index (χ1n) is 8.90. The molecule has 2 aromatic heterocycles. The number of amides is 1. The molecule has 0 spiro atoms. The summed E-state index contributed by atoms with van der Waals surface area (Å²) in [6.07, 6.45) is 0. The molecule has 2 heterocycles. The molecule has 27 heavy (non-hydrogen) atoms. The van der Waals surface area contributed by atoms with Gasteiger partial charge in [0.1, 0.15) is 12.4 Å². The first-order chi connectivity index (χ1) is 12.8. The van der Waals surface area contributed by atoms with E-state index in [0.717, 1.165) is 28.3 Å². The highest BCUT2D eigenvalue weighted by atomic mass is 32.1. The molecule has 0 saturated heterocycles. The third-order valence-electron chi connectivity index (χ3n) is 4.85. The summed E-state index contributed by atoms with van der Waals surface area (Å²) in [5.41, 5.74) is 6.54. The lowest BCUT2D eigenvalue weighted by Crippen LogP contribution is -2.22. The summed E-state index contributed by atoms with van der Waals surface area (Å²) in [5, 5.41) is 9.34. The summed E-state index contributed by atoms with van der Waals surface area (Å²) < 4.78 is 7.69. The topological polar surface area (TPSA) is 56.1 Å². The quantitative estimate of drug-likeness (QED) is 0.693. The second kappa shape index (κ2) is 7.96. The van der Waals surface area contributed by atoms with E-state index in [0.29, 0.717) is 18.0 Å². The van der Waals surface area contributed by atoms with Crippen molar-refractivity contribution in [3.05, 3.63) is 68.2 Å². The van der Waals surface area contributed by atoms with Gasteiger partial charge < -0.3 is 10.1 Å². The number of hydrogen-bond acceptors (Lipinski definition) is 4. The van der Waals surface area contributed by atoms with E-state index in [4.69, 9.17) is 4.74 Å². The number of nitrogens with zero attached hydrogens (tertiary/aromatic N) is 2. The first-order valence-corrected chi connectivity index (χ1v) is 9.78. The van der Waals surface area contributed by atoms with Gasteiger partial charge in [-0.25, -0.2) is 0 Å². The molecule has 0 atom stereocenters. The van der Waals surface area contributed by atoms with Gasteiger partial charge in [-0.3, -0.25) is 9.48 Å². The molecule has 3 aromatic rings. The van der Waals surface area contributed by atoms with Crippen LogP contribution in [-0.2, 0) is 20.2 Å². The van der Waals surface area contributed by atoms with Gasteiger partial charge in [0.2, 0.25) is 0 Å². The molecule has 1 aromatic carbocycles. The van der Waals surface area contributed by atoms with Crippen molar-refractivity contribution in [2.75, 3.05) is 0 Å². The molecule has 0 aliphatic carbocycles. The average Bonchev–Trinajstić information content (AvgIpc) is 3.20. The summed E-state index contributed by atoms with van der Waals surface area (Å²) in [6, 6.07) is 7.96. The zero-order valence-electron chi connectivity index (χ0n) is 16.4. The molecule has 0 radical (unpaired) electrons. The Morgan fingerprint density at radius 1 is 1.19 bits per heavy atom. The number of carbonyl (C=O) groups is 1. The number of nitrogens with one attached hydrogen (secondary N) is 1. The van der Waals surface area contributed by atoms with Gasteiger partial charge in [0.25, 0.3) is 5.91 Å². The molecule has 0 aliphatic heterocycles. The normalized spacial score (nSPS) is 10.9. The third-order valence-corrected chi connectivity index (χ3v) is 5.82. The summed E-state index contributed by atoms with van der Waals surface area (Å²) in [6.45, 7) is 9.05. The van der Waals surface area contributed by atoms with Gasteiger partial charge >= 0.3 is 0 Å². The van der Waals surface area contributed by atoms with E-state index in [1.165, 1.54) is 22.5 Å². The largest absolute Gasteiger partial charge is 0.489 e. The Bertz CT molecular complexity index is 972. The van der Waals surface area contributed by atoms with Gasteiger partial charge in [0, 0.05) is 30.4 Å². The summed E-state index contributed by atoms with van der Waals surface area (Å²) in [7, 11) is 1.91. The Labute approximate surface area is 164 Å². The van der Waals surface area contributed by atoms with Crippen molar-refractivity contribution in [1.29, 1.82) is 0 Å². The lowest BCUT2D eigenvalue weighted by Gasteiger charge is -2.07. The molecule has 0 bridgehead atoms. The third kappa shape index (κ3) is 4.39. The van der Waals surface area contributed by atoms with E-state index in [1.807, 2.05) is 49.2 Å². The average molecular weight is 384 g/mol. The first kappa shape index (κ1) is 19.2. The van der Waals surface area contributed by atoms with E-state index >= 15 is 0 Å². The van der Waals surface area contributed by atoms with Crippen LogP contribution in [0.2, 0.25) is 0 Å². The van der Waals surface area contributed by atoms with Crippen LogP contribution in [0.25, 0.3) is 0 Å². The van der Waals surface area contributed by atoms with Crippen LogP contribution in [0.4, 0.5) is 0 Å². The summed E-state index contributed by atoms with van der Waals surface area (Å²) >= 11 is 1.43. The summed E-state index contributed by atoms with van der Waals surface area (Å²) in [4.78, 5) is 13.1. The van der Waals surface area contributed by atoms with Crippen LogP contribution in [0.5, 0.6) is 5.75 Å². The van der Waals surface area contributed by atoms with Crippen LogP contribution in [0.3, 0.4) is 0 Å². The van der Waals surface area contributed by atoms with Crippen LogP contribution in [0, 0.1) is 27.7 Å². The second-order valence-electron chi connectivity index (χ2n) is 6.81. The highest BCUT2D eigenvalue weighted by Gasteiger charge is 2.13. The lowest BCUT2D eigenvalue weighted by atomic mass is 10.1. The molecule has 6 heteroatoms. The number of benzene rings is 1. The minimum atomic E-state index is -0.0694. The standard InChI is InChI=1S/C21H25N3O2S/c1-13-6-7-18(8-14(13)2)26-11-17-9-20(27-12-17)21(25)22-10-19-15(3)23-24(5)16(19)4/h6-9,12H,10-11H2,1-5H3,(H,22,25). The van der Waals surface area contributed by atoms with Crippen molar-refractivity contribution in [1.82, 2.24) is 15.1 Å². The molecule has 142 valence electrons. The van der Waals surface area contributed by atoms with Crippen molar-refractivity contribution in [2.45, 2.75) is 40.8 Å². The Morgan fingerprint density at radius 3 is 2.63 bits per heavy atom. The zero-order valence-corrected chi connectivity index (χ0v) is 17.2. The maximum absolute atomic E-state index is 12.4. The molecule has 0 aliphatic rings. The van der Waals surface area contributed by atoms with Crippen molar-refractivity contribution in [3.63, 3.8) is 0 Å². The van der Waals surface area contributed by atoms with Gasteiger partial charge in [-0.1, -0.05) is 6.07 Å². The van der Waals surface area contributed by atoms with E-state index in [2.05, 4.69) is 30.3 Å². The number of aromatic nitrogens is 2. The van der Waals surface area contributed by atoms with Crippen molar-refractivity contribution in [2.24, 2.45) is 7.05 Å². The van der Waals surface area contributed by atoms with Crippen molar-refractivity contribution in [3.8, 4) is 5.75 Å². The van der Waals surface area contributed by atoms with Crippen LogP contribution >= 0.6 is 11.3 Å². The second-order valence-corrected chi connectivity index (χ2v) is 7.72. The minimum absolute atomic E-state index is 0.0694. The monoisotopic (exact) mass is 383 g/mol. The van der Waals surface area contributed by atoms with Gasteiger partial charge in [-0.15, -0.1) is 11.3 Å². The van der Waals surface area contributed by atoms with E-state index < -0.39 is 0 Å². The van der Waals surface area contributed by atoms with E-state index in [-0.39, 0.29) is 5.91 Å². The van der Waals surface area contributed by atoms with Crippen LogP contribution < -0.4 is 10.1 Å². The summed E-state index contributed by atoms with van der Waals surface area (Å²) in [5.74, 6) is 0.776. The Hall–Kier alpha value is -2.60. The maximum atomic E-state index is 12.4. The van der Waals surface area contributed by atoms with Crippen LogP contribution in [0.15, 0.2) is 29.6 Å². The van der Waals surface area contributed by atoms with Gasteiger partial charge in [-0.2, -0.15) is 5.10 Å². The fourth-order valence-electron chi connectivity index (χ4n) is 2.87. The SMILES string of the molecule is Cc1ccc(OCc2csc(C(=O)NCc3c(C)nn(C)c3C)c2)cc1C. The predicted molar refractivity (Wildman–Crippen MR) is 108 cm³/mol. The number of ether oxygens (including phenoxy) is 1. The highest BCUT2D eigenvalue weighted by Crippen LogP contribution is 2.20. The Morgan fingerprint density at radius 2 is 1.96 bits per heavy atom. The minimum Gasteiger partial charge on any atom is -0.489 e. The van der Waals surface area contributed by atoms with Crippen molar-refractivity contribution < 1.29 is 9.53 Å². The molecule has 0 saturated carbocycles. The number of aryl methyl sites for hydroxylation is 4. The Balaban J connectivity index is 1.58. The number of hydrogen-bond donors (Lipinski definition) is 1. The molecule has 1 N–H and O–H groups in total. The van der Waals surface area contributed by atoms with Crippen LogP contribution in [0.1, 0.15) is 43.3 Å². The predicted octanol–water partition coefficient (Wildman–Crippen LogP) is 4.22. The smallest absolute Gasteiger partial charge is 0.261 e. The number of thiophene rings is 1. The van der Waals surface area contributed by atoms with Crippen LogP contribution in [-0.4, -0.2) is 15.7 Å². The van der Waals surface area contributed by atoms with Gasteiger partial charge in [-0.05, 0) is 62.4 Å². The van der Waals surface area contributed by atoms with Crippen molar-refractivity contribution >= 4 is 17.2 Å². The lowest BCUT2D eigenvalue weighted by molar-refractivity contribution is 0.0955. The molecule has 0 unspecified atom stereocenters. The molecule has 3 rings (SSSR count). The maximum Gasteiger partial charge on any atom is 0.261 e. The fourth-order valence-corrected chi connectivity index (χ4v) is 3.68. The van der Waals surface area contributed by atoms with Gasteiger partial charge in [0.05, 0.1) is 10.6 Å². The zero-order chi connectivity index (χ0) is 19.6. The molecular formula is C21H25N3O2S. The molecule has 1 amide bonds. The molecule has 0 fully saturated rings. The molecular weight excluding hydrogens is 358 g/mol. The number of rotatable bonds is 6. The fraction of sp³-hybridized carbons (Fsp3) is 0.333. The number of carbonyl (C=O) groups excluding carboxylic acids is 1. The van der Waals surface area contributed by atoms with E-state index in [9.17, 15) is 4.79 Å². The highest BCUT2D eigenvalue weighted by molar-refractivity contribution is 7.12. The van der Waals surface area contributed by atoms with E-state index in [1.54, 1.807) is 0 Å². The Kier molecular flexibility index (Phi) is 5.65.